The van der Waals surface area contributed by atoms with Crippen molar-refractivity contribution < 1.29 is 23.9 Å². The average molecular weight is 391 g/mol. The molecule has 0 spiro atoms. The van der Waals surface area contributed by atoms with Gasteiger partial charge in [-0.05, 0) is 52.3 Å². The standard InChI is InChI=1S/C20H29N3O5/c1-14(16-6-8-17(9-7-16)23-10-12-26-13-11-23)22-28-18(24)15(2)21-19(25)27-20(3,4)5/h6-9,15H,10-13H2,1-5H3,(H,21,25)/b22-14+/t15-/m0/s1. The van der Waals surface area contributed by atoms with Crippen molar-refractivity contribution in [2.75, 3.05) is 31.2 Å². The summed E-state index contributed by atoms with van der Waals surface area (Å²) < 4.78 is 10.5. The van der Waals surface area contributed by atoms with Gasteiger partial charge in [0.15, 0.2) is 0 Å². The van der Waals surface area contributed by atoms with E-state index in [2.05, 4.69) is 15.4 Å². The summed E-state index contributed by atoms with van der Waals surface area (Å²) in [5.41, 5.74) is 1.88. The van der Waals surface area contributed by atoms with E-state index in [1.807, 2.05) is 24.3 Å². The lowest BCUT2D eigenvalue weighted by molar-refractivity contribution is -0.145. The van der Waals surface area contributed by atoms with E-state index >= 15 is 0 Å². The van der Waals surface area contributed by atoms with Crippen LogP contribution in [0.4, 0.5) is 10.5 Å². The first-order valence-corrected chi connectivity index (χ1v) is 9.34. The second kappa shape index (κ2) is 9.54. The van der Waals surface area contributed by atoms with Gasteiger partial charge in [0.25, 0.3) is 0 Å². The lowest BCUT2D eigenvalue weighted by Gasteiger charge is -2.28. The van der Waals surface area contributed by atoms with Gasteiger partial charge < -0.3 is 24.5 Å². The van der Waals surface area contributed by atoms with Crippen LogP contribution in [0, 0.1) is 0 Å². The normalized spacial score (nSPS) is 16.3. The number of rotatable bonds is 5. The molecule has 1 amide bonds. The number of nitrogens with zero attached hydrogens (tertiary/aromatic N) is 2. The summed E-state index contributed by atoms with van der Waals surface area (Å²) >= 11 is 0. The van der Waals surface area contributed by atoms with Crippen LogP contribution >= 0.6 is 0 Å². The molecule has 28 heavy (non-hydrogen) atoms. The second-order valence-electron chi connectivity index (χ2n) is 7.60. The Hall–Kier alpha value is -2.61. The Labute approximate surface area is 165 Å². The first-order chi connectivity index (χ1) is 13.2. The topological polar surface area (TPSA) is 89.5 Å². The molecule has 0 saturated carbocycles. The minimum Gasteiger partial charge on any atom is -0.444 e. The fourth-order valence-electron chi connectivity index (χ4n) is 2.52. The molecule has 0 radical (unpaired) electrons. The van der Waals surface area contributed by atoms with Crippen molar-refractivity contribution in [3.63, 3.8) is 0 Å². The van der Waals surface area contributed by atoms with Gasteiger partial charge in [0.1, 0.15) is 11.6 Å². The molecule has 2 rings (SSSR count). The van der Waals surface area contributed by atoms with E-state index in [1.54, 1.807) is 27.7 Å². The Bertz CT molecular complexity index is 704. The van der Waals surface area contributed by atoms with Gasteiger partial charge in [0.2, 0.25) is 0 Å². The smallest absolute Gasteiger partial charge is 0.408 e. The molecule has 1 atom stereocenters. The molecule has 0 bridgehead atoms. The van der Waals surface area contributed by atoms with E-state index in [-0.39, 0.29) is 0 Å². The maximum atomic E-state index is 12.0. The maximum Gasteiger partial charge on any atom is 0.408 e. The van der Waals surface area contributed by atoms with E-state index in [9.17, 15) is 9.59 Å². The maximum absolute atomic E-state index is 12.0. The van der Waals surface area contributed by atoms with Crippen LogP contribution in [0.25, 0.3) is 0 Å². The number of hydrogen-bond acceptors (Lipinski definition) is 7. The highest BCUT2D eigenvalue weighted by Crippen LogP contribution is 2.17. The van der Waals surface area contributed by atoms with Crippen LogP contribution in [-0.4, -0.2) is 55.7 Å². The summed E-state index contributed by atoms with van der Waals surface area (Å²) in [6.45, 7) is 11.7. The number of ether oxygens (including phenoxy) is 2. The number of carbonyl (C=O) groups excluding carboxylic acids is 2. The molecule has 1 saturated heterocycles. The van der Waals surface area contributed by atoms with Crippen LogP contribution < -0.4 is 10.2 Å². The van der Waals surface area contributed by atoms with E-state index in [0.717, 1.165) is 37.6 Å². The molecule has 0 unspecified atom stereocenters. The van der Waals surface area contributed by atoms with Crippen LogP contribution in [0.5, 0.6) is 0 Å². The summed E-state index contributed by atoms with van der Waals surface area (Å²) in [5, 5.41) is 6.30. The van der Waals surface area contributed by atoms with Crippen molar-refractivity contribution in [2.45, 2.75) is 46.3 Å². The van der Waals surface area contributed by atoms with Crippen molar-refractivity contribution in [2.24, 2.45) is 5.16 Å². The van der Waals surface area contributed by atoms with E-state index in [0.29, 0.717) is 5.71 Å². The molecule has 1 aromatic rings. The summed E-state index contributed by atoms with van der Waals surface area (Å²) in [4.78, 5) is 30.9. The molecule has 8 nitrogen and oxygen atoms in total. The Balaban J connectivity index is 1.88. The van der Waals surface area contributed by atoms with Gasteiger partial charge in [-0.3, -0.25) is 0 Å². The second-order valence-corrected chi connectivity index (χ2v) is 7.60. The molecule has 1 aliphatic rings. The predicted octanol–water partition coefficient (Wildman–Crippen LogP) is 2.70. The first-order valence-electron chi connectivity index (χ1n) is 9.34. The van der Waals surface area contributed by atoms with Gasteiger partial charge in [0, 0.05) is 18.8 Å². The third-order valence-electron chi connectivity index (χ3n) is 4.02. The summed E-state index contributed by atoms with van der Waals surface area (Å²) in [5.74, 6) is -0.671. The highest BCUT2D eigenvalue weighted by Gasteiger charge is 2.22. The minimum atomic E-state index is -0.880. The molecular formula is C20H29N3O5. The number of nitrogens with one attached hydrogen (secondary N) is 1. The van der Waals surface area contributed by atoms with Gasteiger partial charge in [-0.25, -0.2) is 9.59 Å². The highest BCUT2D eigenvalue weighted by atomic mass is 16.7. The summed E-state index contributed by atoms with van der Waals surface area (Å²) in [6, 6.07) is 7.00. The van der Waals surface area contributed by atoms with Crippen molar-refractivity contribution in [3.05, 3.63) is 29.8 Å². The predicted molar refractivity (Wildman–Crippen MR) is 107 cm³/mol. The van der Waals surface area contributed by atoms with E-state index in [4.69, 9.17) is 14.3 Å². The van der Waals surface area contributed by atoms with Gasteiger partial charge in [-0.15, -0.1) is 0 Å². The van der Waals surface area contributed by atoms with Crippen LogP contribution in [-0.2, 0) is 19.1 Å². The third-order valence-corrected chi connectivity index (χ3v) is 4.02. The zero-order chi connectivity index (χ0) is 20.7. The molecule has 8 heteroatoms. The van der Waals surface area contributed by atoms with Gasteiger partial charge in [-0.1, -0.05) is 17.3 Å². The number of benzene rings is 1. The number of oxime groups is 1. The molecule has 154 valence electrons. The molecule has 1 fully saturated rings. The summed E-state index contributed by atoms with van der Waals surface area (Å²) in [7, 11) is 0. The zero-order valence-electron chi connectivity index (χ0n) is 17.2. The third kappa shape index (κ3) is 6.84. The number of anilines is 1. The van der Waals surface area contributed by atoms with Gasteiger partial charge in [-0.2, -0.15) is 0 Å². The molecule has 1 aromatic carbocycles. The number of amides is 1. The monoisotopic (exact) mass is 391 g/mol. The number of morpholine rings is 1. The lowest BCUT2D eigenvalue weighted by Crippen LogP contribution is -2.42. The molecule has 0 aliphatic carbocycles. The lowest BCUT2D eigenvalue weighted by atomic mass is 10.1. The summed E-state index contributed by atoms with van der Waals surface area (Å²) in [6.07, 6.45) is -0.684. The van der Waals surface area contributed by atoms with Crippen molar-refractivity contribution in [1.29, 1.82) is 0 Å². The average Bonchev–Trinajstić information content (AvgIpc) is 2.65. The Morgan fingerprint density at radius 1 is 1.18 bits per heavy atom. The minimum absolute atomic E-state index is 0.561. The Kier molecular flexibility index (Phi) is 7.39. The number of hydrogen-bond donors (Lipinski definition) is 1. The number of alkyl carbamates (subject to hydrolysis) is 1. The van der Waals surface area contributed by atoms with Crippen LogP contribution in [0.3, 0.4) is 0 Å². The SMILES string of the molecule is C/C(=N\OC(=O)[C@H](C)NC(=O)OC(C)(C)C)c1ccc(N2CCOCC2)cc1. The van der Waals surface area contributed by atoms with Crippen molar-refractivity contribution in [3.8, 4) is 0 Å². The van der Waals surface area contributed by atoms with Gasteiger partial charge >= 0.3 is 12.1 Å². The molecule has 1 aliphatic heterocycles. The first kappa shape index (κ1) is 21.7. The van der Waals surface area contributed by atoms with Crippen LogP contribution in [0.15, 0.2) is 29.4 Å². The molecule has 1 N–H and O–H groups in total. The Morgan fingerprint density at radius 2 is 1.79 bits per heavy atom. The van der Waals surface area contributed by atoms with Crippen molar-refractivity contribution in [1.82, 2.24) is 5.32 Å². The number of carbonyl (C=O) groups is 2. The largest absolute Gasteiger partial charge is 0.444 e. The van der Waals surface area contributed by atoms with Crippen LogP contribution in [0.2, 0.25) is 0 Å². The molecule has 0 aromatic heterocycles. The molecular weight excluding hydrogens is 362 g/mol. The molecule has 1 heterocycles. The van der Waals surface area contributed by atoms with E-state index < -0.39 is 23.7 Å². The zero-order valence-corrected chi connectivity index (χ0v) is 17.2. The highest BCUT2D eigenvalue weighted by molar-refractivity contribution is 5.99. The quantitative estimate of drug-likeness (QED) is 0.472. The van der Waals surface area contributed by atoms with Crippen molar-refractivity contribution >= 4 is 23.5 Å². The van der Waals surface area contributed by atoms with Crippen LogP contribution in [0.1, 0.15) is 40.2 Å². The van der Waals surface area contributed by atoms with E-state index in [1.165, 1.54) is 6.92 Å². The fraction of sp³-hybridized carbons (Fsp3) is 0.550. The fourth-order valence-corrected chi connectivity index (χ4v) is 2.52. The Morgan fingerprint density at radius 3 is 2.36 bits per heavy atom. The van der Waals surface area contributed by atoms with Gasteiger partial charge in [0.05, 0.1) is 18.9 Å².